The maximum absolute atomic E-state index is 13.3. The van der Waals surface area contributed by atoms with Crippen molar-refractivity contribution in [3.63, 3.8) is 0 Å². The van der Waals surface area contributed by atoms with E-state index < -0.39 is 28.6 Å². The number of non-ortho nitro benzene ring substituents is 1. The second kappa shape index (κ2) is 10.1. The van der Waals surface area contributed by atoms with Crippen molar-refractivity contribution in [2.75, 3.05) is 12.0 Å². The molecule has 0 saturated carbocycles. The average Bonchev–Trinajstić information content (AvgIpc) is 2.86. The number of hydrogen-bond donors (Lipinski definition) is 1. The van der Waals surface area contributed by atoms with Gasteiger partial charge in [0.1, 0.15) is 18.0 Å². The number of imide groups is 2. The first-order valence-electron chi connectivity index (χ1n) is 10.5. The zero-order valence-electron chi connectivity index (χ0n) is 18.8. The van der Waals surface area contributed by atoms with Crippen LogP contribution in [0.15, 0.2) is 72.3 Å². The second-order valence-corrected chi connectivity index (χ2v) is 7.56. The van der Waals surface area contributed by atoms with E-state index in [1.165, 1.54) is 43.5 Å². The molecule has 1 saturated heterocycles. The van der Waals surface area contributed by atoms with Crippen LogP contribution in [-0.2, 0) is 16.2 Å². The summed E-state index contributed by atoms with van der Waals surface area (Å²) < 4.78 is 24.3. The lowest BCUT2D eigenvalue weighted by atomic mass is 10.1. The van der Waals surface area contributed by atoms with E-state index in [-0.39, 0.29) is 29.3 Å². The van der Waals surface area contributed by atoms with Gasteiger partial charge in [0.15, 0.2) is 11.5 Å². The fourth-order valence-electron chi connectivity index (χ4n) is 3.46. The summed E-state index contributed by atoms with van der Waals surface area (Å²) in [7, 11) is 1.40. The van der Waals surface area contributed by atoms with Crippen molar-refractivity contribution in [1.82, 2.24) is 5.32 Å². The number of amides is 4. The third-order valence-corrected chi connectivity index (χ3v) is 5.20. The number of benzene rings is 3. The number of anilines is 1. The fraction of sp³-hybridized carbons (Fsp3) is 0.0800. The Kier molecular flexibility index (Phi) is 6.72. The van der Waals surface area contributed by atoms with Crippen molar-refractivity contribution in [3.8, 4) is 11.5 Å². The third kappa shape index (κ3) is 5.04. The summed E-state index contributed by atoms with van der Waals surface area (Å²) in [4.78, 5) is 48.8. The van der Waals surface area contributed by atoms with Gasteiger partial charge in [-0.3, -0.25) is 25.0 Å². The topological polar surface area (TPSA) is 128 Å². The molecule has 4 rings (SSSR count). The van der Waals surface area contributed by atoms with Crippen LogP contribution in [0.4, 0.5) is 20.6 Å². The van der Waals surface area contributed by atoms with E-state index in [0.717, 1.165) is 17.0 Å². The summed E-state index contributed by atoms with van der Waals surface area (Å²) in [5.74, 6) is -1.69. The van der Waals surface area contributed by atoms with Crippen molar-refractivity contribution < 1.29 is 33.2 Å². The molecule has 36 heavy (non-hydrogen) atoms. The SMILES string of the molecule is COc1cc(/C=C2\C(=O)NC(=O)N(c3ccc(F)cc3)C2=O)ccc1OCc1cccc([N+](=O)[O-])c1. The number of carbonyl (C=O) groups excluding carboxylic acids is 3. The van der Waals surface area contributed by atoms with E-state index in [9.17, 15) is 28.9 Å². The molecule has 0 atom stereocenters. The van der Waals surface area contributed by atoms with E-state index >= 15 is 0 Å². The van der Waals surface area contributed by atoms with Crippen LogP contribution in [0.3, 0.4) is 0 Å². The van der Waals surface area contributed by atoms with Crippen LogP contribution in [0, 0.1) is 15.9 Å². The normalized spacial score (nSPS) is 14.6. The number of nitro groups is 1. The molecule has 4 amide bonds. The van der Waals surface area contributed by atoms with Gasteiger partial charge in [-0.1, -0.05) is 18.2 Å². The molecule has 0 radical (unpaired) electrons. The molecule has 1 aliphatic heterocycles. The second-order valence-electron chi connectivity index (χ2n) is 7.56. The van der Waals surface area contributed by atoms with Gasteiger partial charge in [-0.15, -0.1) is 0 Å². The molecule has 182 valence electrons. The van der Waals surface area contributed by atoms with Crippen molar-refractivity contribution in [3.05, 3.63) is 99.4 Å². The van der Waals surface area contributed by atoms with Crippen LogP contribution in [0.5, 0.6) is 11.5 Å². The van der Waals surface area contributed by atoms with Crippen molar-refractivity contribution in [2.45, 2.75) is 6.61 Å². The van der Waals surface area contributed by atoms with Gasteiger partial charge in [-0.05, 0) is 53.6 Å². The van der Waals surface area contributed by atoms with Gasteiger partial charge in [0.25, 0.3) is 17.5 Å². The van der Waals surface area contributed by atoms with Crippen LogP contribution in [-0.4, -0.2) is 29.9 Å². The Hall–Kier alpha value is -5.06. The Bertz CT molecular complexity index is 1400. The fourth-order valence-corrected chi connectivity index (χ4v) is 3.46. The molecule has 0 aromatic heterocycles. The zero-order valence-corrected chi connectivity index (χ0v) is 18.8. The number of nitro benzene ring substituents is 1. The van der Waals surface area contributed by atoms with Gasteiger partial charge >= 0.3 is 6.03 Å². The van der Waals surface area contributed by atoms with Gasteiger partial charge < -0.3 is 9.47 Å². The largest absolute Gasteiger partial charge is 0.493 e. The maximum atomic E-state index is 13.3. The number of rotatable bonds is 7. The van der Waals surface area contributed by atoms with Crippen LogP contribution in [0.25, 0.3) is 6.08 Å². The molecule has 0 unspecified atom stereocenters. The predicted molar refractivity (Wildman–Crippen MR) is 126 cm³/mol. The molecule has 0 spiro atoms. The van der Waals surface area contributed by atoms with E-state index in [1.807, 2.05) is 0 Å². The lowest BCUT2D eigenvalue weighted by Gasteiger charge is -2.26. The number of nitrogens with one attached hydrogen (secondary N) is 1. The van der Waals surface area contributed by atoms with E-state index in [0.29, 0.717) is 16.9 Å². The highest BCUT2D eigenvalue weighted by Gasteiger charge is 2.36. The van der Waals surface area contributed by atoms with E-state index in [4.69, 9.17) is 9.47 Å². The molecule has 0 bridgehead atoms. The summed E-state index contributed by atoms with van der Waals surface area (Å²) in [6.07, 6.45) is 1.29. The number of urea groups is 1. The Morgan fingerprint density at radius 2 is 1.78 bits per heavy atom. The quantitative estimate of drug-likeness (QED) is 0.229. The van der Waals surface area contributed by atoms with Gasteiger partial charge in [0.05, 0.1) is 17.7 Å². The lowest BCUT2D eigenvalue weighted by Crippen LogP contribution is -2.54. The molecule has 1 fully saturated rings. The van der Waals surface area contributed by atoms with Crippen molar-refractivity contribution >= 4 is 35.3 Å². The number of barbiturate groups is 1. The molecular formula is C25H18FN3O7. The molecule has 3 aromatic carbocycles. The van der Waals surface area contributed by atoms with Gasteiger partial charge in [-0.25, -0.2) is 14.1 Å². The molecule has 11 heteroatoms. The van der Waals surface area contributed by atoms with Gasteiger partial charge in [-0.2, -0.15) is 0 Å². The van der Waals surface area contributed by atoms with Crippen LogP contribution in [0.1, 0.15) is 11.1 Å². The van der Waals surface area contributed by atoms with Crippen molar-refractivity contribution in [1.29, 1.82) is 0 Å². The molecule has 1 N–H and O–H groups in total. The highest BCUT2D eigenvalue weighted by Crippen LogP contribution is 2.31. The highest BCUT2D eigenvalue weighted by atomic mass is 19.1. The highest BCUT2D eigenvalue weighted by molar-refractivity contribution is 6.39. The monoisotopic (exact) mass is 491 g/mol. The minimum atomic E-state index is -0.948. The molecule has 0 aliphatic carbocycles. The first-order valence-corrected chi connectivity index (χ1v) is 10.5. The Morgan fingerprint density at radius 1 is 1.03 bits per heavy atom. The Balaban J connectivity index is 1.57. The number of ether oxygens (including phenoxy) is 2. The molecular weight excluding hydrogens is 473 g/mol. The predicted octanol–water partition coefficient (Wildman–Crippen LogP) is 3.99. The number of methoxy groups -OCH3 is 1. The number of nitrogens with zero attached hydrogens (tertiary/aromatic N) is 2. The van der Waals surface area contributed by atoms with Gasteiger partial charge in [0.2, 0.25) is 0 Å². The summed E-state index contributed by atoms with van der Waals surface area (Å²) >= 11 is 0. The van der Waals surface area contributed by atoms with E-state index in [2.05, 4.69) is 5.32 Å². The summed E-state index contributed by atoms with van der Waals surface area (Å²) in [5, 5.41) is 13.1. The zero-order chi connectivity index (χ0) is 25.8. The standard InChI is InChI=1S/C25H18FN3O7/c1-35-22-13-15(5-10-21(22)36-14-16-3-2-4-19(11-16)29(33)34)12-20-23(30)27-25(32)28(24(20)31)18-8-6-17(26)7-9-18/h2-13H,14H2,1H3,(H,27,30,32)/b20-12+. The number of hydrogen-bond acceptors (Lipinski definition) is 7. The summed E-state index contributed by atoms with van der Waals surface area (Å²) in [6, 6.07) is 14.4. The van der Waals surface area contributed by atoms with E-state index in [1.54, 1.807) is 24.3 Å². The van der Waals surface area contributed by atoms with Gasteiger partial charge in [0, 0.05) is 12.1 Å². The number of carbonyl (C=O) groups is 3. The molecule has 1 heterocycles. The molecule has 10 nitrogen and oxygen atoms in total. The smallest absolute Gasteiger partial charge is 0.335 e. The summed E-state index contributed by atoms with van der Waals surface area (Å²) in [5.41, 5.74) is 0.702. The Morgan fingerprint density at radius 3 is 2.47 bits per heavy atom. The average molecular weight is 491 g/mol. The number of halogens is 1. The minimum Gasteiger partial charge on any atom is -0.493 e. The Labute approximate surface area is 203 Å². The van der Waals surface area contributed by atoms with Crippen LogP contribution in [0.2, 0.25) is 0 Å². The van der Waals surface area contributed by atoms with Crippen LogP contribution >= 0.6 is 0 Å². The lowest BCUT2D eigenvalue weighted by molar-refractivity contribution is -0.384. The molecule has 1 aliphatic rings. The first-order chi connectivity index (χ1) is 17.3. The molecule has 3 aromatic rings. The maximum Gasteiger partial charge on any atom is 0.335 e. The van der Waals surface area contributed by atoms with Crippen molar-refractivity contribution in [2.24, 2.45) is 0 Å². The third-order valence-electron chi connectivity index (χ3n) is 5.20. The first kappa shape index (κ1) is 24.1. The summed E-state index contributed by atoms with van der Waals surface area (Å²) in [6.45, 7) is 0.0358. The van der Waals surface area contributed by atoms with Crippen LogP contribution < -0.4 is 19.7 Å². The minimum absolute atomic E-state index is 0.0358.